The highest BCUT2D eigenvalue weighted by molar-refractivity contribution is 5.92. The molecule has 0 atom stereocenters. The van der Waals surface area contributed by atoms with Crippen molar-refractivity contribution in [2.24, 2.45) is 0 Å². The van der Waals surface area contributed by atoms with Crippen LogP contribution in [0.25, 0.3) is 11.3 Å². The number of carbonyl (C=O) groups is 2. The molecule has 6 heteroatoms. The topological polar surface area (TPSA) is 81.4 Å². The van der Waals surface area contributed by atoms with Gasteiger partial charge in [0.15, 0.2) is 6.61 Å². The molecule has 1 heterocycles. The Morgan fingerprint density at radius 3 is 2.54 bits per heavy atom. The number of benzene rings is 2. The second-order valence-corrected chi connectivity index (χ2v) is 5.81. The van der Waals surface area contributed by atoms with Gasteiger partial charge in [0.1, 0.15) is 5.69 Å². The quantitative estimate of drug-likeness (QED) is 0.689. The lowest BCUT2D eigenvalue weighted by Gasteiger charge is -2.04. The van der Waals surface area contributed by atoms with Crippen molar-refractivity contribution < 1.29 is 18.8 Å². The maximum absolute atomic E-state index is 11.9. The molecule has 3 aromatic rings. The van der Waals surface area contributed by atoms with Crippen LogP contribution in [0.4, 0.5) is 5.88 Å². The van der Waals surface area contributed by atoms with Crippen molar-refractivity contribution in [1.29, 1.82) is 0 Å². The van der Waals surface area contributed by atoms with Gasteiger partial charge in [0.25, 0.3) is 5.91 Å². The summed E-state index contributed by atoms with van der Waals surface area (Å²) in [7, 11) is 0. The first-order valence-electron chi connectivity index (χ1n) is 8.13. The number of anilines is 1. The third kappa shape index (κ3) is 4.80. The average molecular weight is 350 g/mol. The fourth-order valence-corrected chi connectivity index (χ4v) is 2.33. The molecular weight excluding hydrogens is 332 g/mol. The molecule has 0 spiro atoms. The molecule has 6 nitrogen and oxygen atoms in total. The number of amides is 1. The monoisotopic (exact) mass is 350 g/mol. The molecule has 0 aliphatic carbocycles. The molecule has 0 unspecified atom stereocenters. The minimum absolute atomic E-state index is 0.119. The number of carbonyl (C=O) groups excluding carboxylic acids is 2. The van der Waals surface area contributed by atoms with Gasteiger partial charge in [0.05, 0.1) is 6.42 Å². The molecular formula is C20H18N2O4. The summed E-state index contributed by atoms with van der Waals surface area (Å²) in [5.74, 6) is -0.757. The summed E-state index contributed by atoms with van der Waals surface area (Å²) in [4.78, 5) is 23.6. The second-order valence-electron chi connectivity index (χ2n) is 5.81. The van der Waals surface area contributed by atoms with Gasteiger partial charge in [-0.15, -0.1) is 0 Å². The molecule has 2 aromatic carbocycles. The third-order valence-corrected chi connectivity index (χ3v) is 3.68. The molecule has 0 aliphatic rings. The largest absolute Gasteiger partial charge is 0.455 e. The van der Waals surface area contributed by atoms with E-state index in [4.69, 9.17) is 9.26 Å². The standard InChI is InChI=1S/C20H18N2O4/c1-14-7-9-16(10-8-14)17-12-19(26-22-17)21-18(23)13-25-20(24)11-15-5-3-2-4-6-15/h2-10,12H,11,13H2,1H3,(H,21,23). The van der Waals surface area contributed by atoms with E-state index in [1.807, 2.05) is 61.5 Å². The summed E-state index contributed by atoms with van der Waals surface area (Å²) in [6.07, 6.45) is 0.119. The first kappa shape index (κ1) is 17.4. The van der Waals surface area contributed by atoms with Crippen LogP contribution in [0.1, 0.15) is 11.1 Å². The number of aromatic nitrogens is 1. The van der Waals surface area contributed by atoms with Crippen LogP contribution in [0.3, 0.4) is 0 Å². The van der Waals surface area contributed by atoms with Crippen molar-refractivity contribution in [2.75, 3.05) is 11.9 Å². The van der Waals surface area contributed by atoms with Crippen molar-refractivity contribution in [2.45, 2.75) is 13.3 Å². The van der Waals surface area contributed by atoms with Crippen LogP contribution in [0.2, 0.25) is 0 Å². The van der Waals surface area contributed by atoms with Gasteiger partial charge in [0.2, 0.25) is 5.88 Å². The number of aryl methyl sites for hydroxylation is 1. The van der Waals surface area contributed by atoms with E-state index >= 15 is 0 Å². The first-order chi connectivity index (χ1) is 12.6. The molecule has 0 fully saturated rings. The summed E-state index contributed by atoms with van der Waals surface area (Å²) < 4.78 is 10.1. The lowest BCUT2D eigenvalue weighted by Crippen LogP contribution is -2.21. The Kier molecular flexibility index (Phi) is 5.43. The van der Waals surface area contributed by atoms with Gasteiger partial charge in [-0.3, -0.25) is 14.9 Å². The van der Waals surface area contributed by atoms with Crippen molar-refractivity contribution in [3.05, 3.63) is 71.8 Å². The molecule has 0 radical (unpaired) electrons. The van der Waals surface area contributed by atoms with Crippen molar-refractivity contribution in [1.82, 2.24) is 5.16 Å². The molecule has 0 saturated heterocycles. The molecule has 3 rings (SSSR count). The lowest BCUT2D eigenvalue weighted by atomic mass is 10.1. The zero-order valence-electron chi connectivity index (χ0n) is 14.3. The number of nitrogens with zero attached hydrogens (tertiary/aromatic N) is 1. The molecule has 1 N–H and O–H groups in total. The molecule has 0 bridgehead atoms. The predicted molar refractivity (Wildman–Crippen MR) is 96.4 cm³/mol. The van der Waals surface area contributed by atoms with E-state index in [0.29, 0.717) is 5.69 Å². The number of hydrogen-bond donors (Lipinski definition) is 1. The number of hydrogen-bond acceptors (Lipinski definition) is 5. The molecule has 0 saturated carbocycles. The van der Waals surface area contributed by atoms with Crippen LogP contribution in [0, 0.1) is 6.92 Å². The molecule has 0 aliphatic heterocycles. The zero-order chi connectivity index (χ0) is 18.4. The van der Waals surface area contributed by atoms with Gasteiger partial charge < -0.3 is 9.26 Å². The Hall–Kier alpha value is -3.41. The summed E-state index contributed by atoms with van der Waals surface area (Å²) in [6, 6.07) is 18.6. The lowest BCUT2D eigenvalue weighted by molar-refractivity contribution is -0.146. The van der Waals surface area contributed by atoms with E-state index in [1.54, 1.807) is 6.07 Å². The van der Waals surface area contributed by atoms with Crippen LogP contribution in [0.5, 0.6) is 0 Å². The Morgan fingerprint density at radius 2 is 1.81 bits per heavy atom. The third-order valence-electron chi connectivity index (χ3n) is 3.68. The predicted octanol–water partition coefficient (Wildman–Crippen LogP) is 3.37. The van der Waals surface area contributed by atoms with E-state index in [2.05, 4.69) is 10.5 Å². The van der Waals surface area contributed by atoms with Crippen LogP contribution in [-0.4, -0.2) is 23.6 Å². The van der Waals surface area contributed by atoms with Gasteiger partial charge >= 0.3 is 5.97 Å². The summed E-state index contributed by atoms with van der Waals surface area (Å²) >= 11 is 0. The number of ether oxygens (including phenoxy) is 1. The van der Waals surface area contributed by atoms with E-state index in [0.717, 1.165) is 16.7 Å². The molecule has 1 amide bonds. The molecule has 26 heavy (non-hydrogen) atoms. The number of esters is 1. The molecule has 1 aromatic heterocycles. The SMILES string of the molecule is Cc1ccc(-c2cc(NC(=O)COC(=O)Cc3ccccc3)on2)cc1. The maximum Gasteiger partial charge on any atom is 0.310 e. The summed E-state index contributed by atoms with van der Waals surface area (Å²) in [6.45, 7) is 1.61. The van der Waals surface area contributed by atoms with E-state index < -0.39 is 11.9 Å². The van der Waals surface area contributed by atoms with Crippen molar-refractivity contribution >= 4 is 17.8 Å². The zero-order valence-corrected chi connectivity index (χ0v) is 14.3. The first-order valence-corrected chi connectivity index (χ1v) is 8.13. The fraction of sp³-hybridized carbons (Fsp3) is 0.150. The van der Waals surface area contributed by atoms with Crippen molar-refractivity contribution in [3.63, 3.8) is 0 Å². The fourth-order valence-electron chi connectivity index (χ4n) is 2.33. The second kappa shape index (κ2) is 8.11. The van der Waals surface area contributed by atoms with Gasteiger partial charge in [-0.1, -0.05) is 65.3 Å². The summed E-state index contributed by atoms with van der Waals surface area (Å²) in [5, 5.41) is 6.44. The Labute approximate surface area is 150 Å². The smallest absolute Gasteiger partial charge is 0.310 e. The molecule has 132 valence electrons. The van der Waals surface area contributed by atoms with Gasteiger partial charge in [-0.05, 0) is 12.5 Å². The van der Waals surface area contributed by atoms with Gasteiger partial charge in [-0.2, -0.15) is 0 Å². The summed E-state index contributed by atoms with van der Waals surface area (Å²) in [5.41, 5.74) is 3.47. The van der Waals surface area contributed by atoms with Crippen LogP contribution < -0.4 is 5.32 Å². The Bertz CT molecular complexity index is 886. The van der Waals surface area contributed by atoms with Crippen molar-refractivity contribution in [3.8, 4) is 11.3 Å². The Balaban J connectivity index is 1.49. The van der Waals surface area contributed by atoms with Crippen LogP contribution >= 0.6 is 0 Å². The normalized spacial score (nSPS) is 10.3. The highest BCUT2D eigenvalue weighted by Crippen LogP contribution is 2.21. The highest BCUT2D eigenvalue weighted by Gasteiger charge is 2.12. The van der Waals surface area contributed by atoms with E-state index in [1.165, 1.54) is 0 Å². The van der Waals surface area contributed by atoms with Crippen LogP contribution in [-0.2, 0) is 20.7 Å². The van der Waals surface area contributed by atoms with E-state index in [9.17, 15) is 9.59 Å². The Morgan fingerprint density at radius 1 is 1.08 bits per heavy atom. The van der Waals surface area contributed by atoms with E-state index in [-0.39, 0.29) is 18.9 Å². The van der Waals surface area contributed by atoms with Gasteiger partial charge in [-0.25, -0.2) is 0 Å². The minimum atomic E-state index is -0.488. The minimum Gasteiger partial charge on any atom is -0.455 e. The average Bonchev–Trinajstić information content (AvgIpc) is 3.10. The number of nitrogens with one attached hydrogen (secondary N) is 1. The maximum atomic E-state index is 11.9. The highest BCUT2D eigenvalue weighted by atomic mass is 16.5. The van der Waals surface area contributed by atoms with Gasteiger partial charge in [0, 0.05) is 11.6 Å². The number of rotatable bonds is 6. The van der Waals surface area contributed by atoms with Crippen LogP contribution in [0.15, 0.2) is 65.2 Å².